The summed E-state index contributed by atoms with van der Waals surface area (Å²) >= 11 is 1.46. The van der Waals surface area contributed by atoms with Crippen molar-refractivity contribution in [2.24, 2.45) is 0 Å². The maximum atomic E-state index is 12.5. The molecule has 112 valence electrons. The third kappa shape index (κ3) is 2.12. The van der Waals surface area contributed by atoms with Gasteiger partial charge in [-0.25, -0.2) is 14.5 Å². The molecule has 1 aliphatic rings. The van der Waals surface area contributed by atoms with Crippen molar-refractivity contribution in [3.8, 4) is 10.8 Å². The first-order valence-electron chi connectivity index (χ1n) is 7.07. The van der Waals surface area contributed by atoms with Gasteiger partial charge in [0.15, 0.2) is 10.7 Å². The monoisotopic (exact) mass is 314 g/mol. The van der Waals surface area contributed by atoms with E-state index in [1.807, 2.05) is 10.3 Å². The van der Waals surface area contributed by atoms with Crippen LogP contribution >= 0.6 is 11.3 Å². The van der Waals surface area contributed by atoms with Gasteiger partial charge in [-0.1, -0.05) is 0 Å². The number of pyridine rings is 1. The van der Waals surface area contributed by atoms with Gasteiger partial charge in [-0.2, -0.15) is 0 Å². The normalized spacial score (nSPS) is 14.8. The molecule has 22 heavy (non-hydrogen) atoms. The van der Waals surface area contributed by atoms with E-state index in [0.29, 0.717) is 22.7 Å². The van der Waals surface area contributed by atoms with Crippen LogP contribution in [-0.4, -0.2) is 43.5 Å². The predicted molar refractivity (Wildman–Crippen MR) is 83.6 cm³/mol. The molecule has 2 N–H and O–H groups in total. The molecule has 3 aromatic heterocycles. The standard InChI is InChI=1S/C14H14N6OS/c15-10-7-9(14(21)19-4-1-2-5-19)8-20-12(10)17-11(18-20)13-16-3-6-22-13/h3,6-8H,1-2,4-5,15H2. The lowest BCUT2D eigenvalue weighted by molar-refractivity contribution is 0.0792. The summed E-state index contributed by atoms with van der Waals surface area (Å²) in [5.74, 6) is 0.518. The number of nitrogens with zero attached hydrogens (tertiary/aromatic N) is 5. The van der Waals surface area contributed by atoms with Crippen molar-refractivity contribution in [2.75, 3.05) is 18.8 Å². The second-order valence-electron chi connectivity index (χ2n) is 5.22. The molecule has 0 unspecified atom stereocenters. The average molecular weight is 314 g/mol. The SMILES string of the molecule is Nc1cc(C(=O)N2CCCC2)cn2nc(-c3nccs3)nc12. The van der Waals surface area contributed by atoms with Crippen LogP contribution in [0.15, 0.2) is 23.8 Å². The van der Waals surface area contributed by atoms with E-state index in [1.165, 1.54) is 11.3 Å². The Bertz CT molecular complexity index is 835. The van der Waals surface area contributed by atoms with Crippen LogP contribution in [0.4, 0.5) is 5.69 Å². The van der Waals surface area contributed by atoms with Crippen LogP contribution < -0.4 is 5.73 Å². The summed E-state index contributed by atoms with van der Waals surface area (Å²) in [5, 5.41) is 6.99. The Morgan fingerprint density at radius 1 is 1.32 bits per heavy atom. The smallest absolute Gasteiger partial charge is 0.255 e. The van der Waals surface area contributed by atoms with Crippen molar-refractivity contribution < 1.29 is 4.79 Å². The number of aromatic nitrogens is 4. The van der Waals surface area contributed by atoms with E-state index in [4.69, 9.17) is 5.73 Å². The van der Waals surface area contributed by atoms with E-state index in [2.05, 4.69) is 15.1 Å². The first kappa shape index (κ1) is 13.2. The number of likely N-dealkylation sites (tertiary alicyclic amines) is 1. The lowest BCUT2D eigenvalue weighted by Crippen LogP contribution is -2.28. The average Bonchev–Trinajstić information content (AvgIpc) is 3.25. The van der Waals surface area contributed by atoms with Crippen molar-refractivity contribution in [1.82, 2.24) is 24.5 Å². The zero-order valence-corrected chi connectivity index (χ0v) is 12.6. The van der Waals surface area contributed by atoms with Gasteiger partial charge in [0.2, 0.25) is 5.82 Å². The molecule has 4 heterocycles. The Kier molecular flexibility index (Phi) is 3.04. The summed E-state index contributed by atoms with van der Waals surface area (Å²) in [6.45, 7) is 1.61. The number of rotatable bonds is 2. The number of carbonyl (C=O) groups excluding carboxylic acids is 1. The second kappa shape index (κ2) is 5.06. The summed E-state index contributed by atoms with van der Waals surface area (Å²) < 4.78 is 1.56. The maximum absolute atomic E-state index is 12.5. The molecule has 0 bridgehead atoms. The molecule has 4 rings (SSSR count). The Morgan fingerprint density at radius 3 is 2.86 bits per heavy atom. The molecule has 1 fully saturated rings. The number of hydrogen-bond donors (Lipinski definition) is 1. The van der Waals surface area contributed by atoms with Crippen molar-refractivity contribution in [2.45, 2.75) is 12.8 Å². The van der Waals surface area contributed by atoms with Crippen molar-refractivity contribution >= 4 is 28.6 Å². The molecule has 0 aromatic carbocycles. The molecule has 0 saturated carbocycles. The molecule has 7 nitrogen and oxygen atoms in total. The number of hydrogen-bond acceptors (Lipinski definition) is 6. The quantitative estimate of drug-likeness (QED) is 0.777. The number of fused-ring (bicyclic) bond motifs is 1. The number of anilines is 1. The number of thiazole rings is 1. The van der Waals surface area contributed by atoms with E-state index in [1.54, 1.807) is 23.0 Å². The van der Waals surface area contributed by atoms with Gasteiger partial charge in [0.05, 0.1) is 11.3 Å². The fourth-order valence-corrected chi connectivity index (χ4v) is 3.22. The largest absolute Gasteiger partial charge is 0.396 e. The highest BCUT2D eigenvalue weighted by molar-refractivity contribution is 7.13. The van der Waals surface area contributed by atoms with Gasteiger partial charge in [-0.3, -0.25) is 4.79 Å². The summed E-state index contributed by atoms with van der Waals surface area (Å²) in [5.41, 5.74) is 7.58. The number of amides is 1. The van der Waals surface area contributed by atoms with Gasteiger partial charge in [0.1, 0.15) is 0 Å². The van der Waals surface area contributed by atoms with Crippen LogP contribution in [0.1, 0.15) is 23.2 Å². The van der Waals surface area contributed by atoms with Crippen LogP contribution in [0.3, 0.4) is 0 Å². The predicted octanol–water partition coefficient (Wildman–Crippen LogP) is 1.67. The molecule has 1 amide bonds. The minimum absolute atomic E-state index is 0.00241. The van der Waals surface area contributed by atoms with E-state index in [0.717, 1.165) is 30.9 Å². The summed E-state index contributed by atoms with van der Waals surface area (Å²) in [4.78, 5) is 22.9. The van der Waals surface area contributed by atoms with Crippen molar-refractivity contribution in [3.63, 3.8) is 0 Å². The van der Waals surface area contributed by atoms with E-state index in [-0.39, 0.29) is 5.91 Å². The third-order valence-electron chi connectivity index (χ3n) is 3.73. The van der Waals surface area contributed by atoms with E-state index >= 15 is 0 Å². The lowest BCUT2D eigenvalue weighted by Gasteiger charge is -2.15. The Labute approximate surface area is 130 Å². The fourth-order valence-electron chi connectivity index (χ4n) is 2.66. The molecule has 0 spiro atoms. The van der Waals surface area contributed by atoms with Gasteiger partial charge < -0.3 is 10.6 Å². The van der Waals surface area contributed by atoms with Crippen molar-refractivity contribution in [3.05, 3.63) is 29.4 Å². The minimum Gasteiger partial charge on any atom is -0.396 e. The number of nitrogens with two attached hydrogens (primary N) is 1. The first-order chi connectivity index (χ1) is 10.7. The van der Waals surface area contributed by atoms with Gasteiger partial charge in [-0.05, 0) is 18.9 Å². The fraction of sp³-hybridized carbons (Fsp3) is 0.286. The highest BCUT2D eigenvalue weighted by Gasteiger charge is 2.21. The Balaban J connectivity index is 1.77. The molecule has 0 radical (unpaired) electrons. The molecule has 8 heteroatoms. The van der Waals surface area contributed by atoms with Gasteiger partial charge in [-0.15, -0.1) is 16.4 Å². The molecule has 1 aliphatic heterocycles. The van der Waals surface area contributed by atoms with Crippen LogP contribution in [0.25, 0.3) is 16.5 Å². The molecular weight excluding hydrogens is 300 g/mol. The number of carbonyl (C=O) groups is 1. The molecule has 0 atom stereocenters. The maximum Gasteiger partial charge on any atom is 0.255 e. The minimum atomic E-state index is -0.00241. The third-order valence-corrected chi connectivity index (χ3v) is 4.49. The molecule has 1 saturated heterocycles. The van der Waals surface area contributed by atoms with Gasteiger partial charge in [0.25, 0.3) is 5.91 Å². The summed E-state index contributed by atoms with van der Waals surface area (Å²) in [7, 11) is 0. The van der Waals surface area contributed by atoms with Crippen LogP contribution in [0, 0.1) is 0 Å². The van der Waals surface area contributed by atoms with E-state index < -0.39 is 0 Å². The zero-order valence-electron chi connectivity index (χ0n) is 11.8. The summed E-state index contributed by atoms with van der Waals surface area (Å²) in [6.07, 6.45) is 5.51. The van der Waals surface area contributed by atoms with Crippen LogP contribution in [0.5, 0.6) is 0 Å². The van der Waals surface area contributed by atoms with E-state index in [9.17, 15) is 4.79 Å². The summed E-state index contributed by atoms with van der Waals surface area (Å²) in [6, 6.07) is 1.68. The second-order valence-corrected chi connectivity index (χ2v) is 6.12. The molecular formula is C14H14N6OS. The molecule has 0 aliphatic carbocycles. The van der Waals surface area contributed by atoms with Crippen molar-refractivity contribution in [1.29, 1.82) is 0 Å². The zero-order chi connectivity index (χ0) is 15.1. The number of nitrogen functional groups attached to an aromatic ring is 1. The van der Waals surface area contributed by atoms with Gasteiger partial charge >= 0.3 is 0 Å². The first-order valence-corrected chi connectivity index (χ1v) is 7.95. The Hall–Kier alpha value is -2.48. The van der Waals surface area contributed by atoms with Gasteiger partial charge in [0, 0.05) is 30.9 Å². The molecule has 3 aromatic rings. The highest BCUT2D eigenvalue weighted by Crippen LogP contribution is 2.22. The lowest BCUT2D eigenvalue weighted by atomic mass is 10.2. The van der Waals surface area contributed by atoms with Crippen LogP contribution in [0.2, 0.25) is 0 Å². The van der Waals surface area contributed by atoms with Crippen LogP contribution in [-0.2, 0) is 0 Å². The topological polar surface area (TPSA) is 89.4 Å². The Morgan fingerprint density at radius 2 is 2.14 bits per heavy atom. The highest BCUT2D eigenvalue weighted by atomic mass is 32.1.